The van der Waals surface area contributed by atoms with Crippen LogP contribution in [0.5, 0.6) is 0 Å². The molecule has 1 aromatic heterocycles. The SMILES string of the molecule is Nc1cncc(Cc2ccccc2)n1. The minimum Gasteiger partial charge on any atom is -0.382 e. The number of hydrogen-bond acceptors (Lipinski definition) is 3. The highest BCUT2D eigenvalue weighted by molar-refractivity contribution is 5.27. The normalized spacial score (nSPS) is 10.0. The van der Waals surface area contributed by atoms with Crippen LogP contribution in [0.1, 0.15) is 11.3 Å². The van der Waals surface area contributed by atoms with Gasteiger partial charge >= 0.3 is 0 Å². The molecule has 0 aliphatic rings. The van der Waals surface area contributed by atoms with E-state index >= 15 is 0 Å². The maximum Gasteiger partial charge on any atom is 0.142 e. The van der Waals surface area contributed by atoms with Crippen LogP contribution in [-0.4, -0.2) is 9.97 Å². The molecule has 1 heterocycles. The lowest BCUT2D eigenvalue weighted by molar-refractivity contribution is 1.04. The molecule has 0 spiro atoms. The van der Waals surface area contributed by atoms with Gasteiger partial charge in [0.2, 0.25) is 0 Å². The molecular formula is C11H11N3. The maximum atomic E-state index is 5.54. The van der Waals surface area contributed by atoms with Crippen molar-refractivity contribution in [3.05, 3.63) is 54.0 Å². The highest BCUT2D eigenvalue weighted by Crippen LogP contribution is 2.06. The topological polar surface area (TPSA) is 51.8 Å². The molecule has 0 aliphatic carbocycles. The fourth-order valence-electron chi connectivity index (χ4n) is 1.31. The molecule has 0 atom stereocenters. The van der Waals surface area contributed by atoms with Gasteiger partial charge in [-0.05, 0) is 5.56 Å². The number of nitrogens with two attached hydrogens (primary N) is 1. The average Bonchev–Trinajstić information content (AvgIpc) is 2.19. The largest absolute Gasteiger partial charge is 0.382 e. The fourth-order valence-corrected chi connectivity index (χ4v) is 1.31. The Morgan fingerprint density at radius 1 is 1.07 bits per heavy atom. The Hall–Kier alpha value is -1.90. The third-order valence-corrected chi connectivity index (χ3v) is 1.93. The van der Waals surface area contributed by atoms with Gasteiger partial charge in [-0.25, -0.2) is 4.98 Å². The molecule has 0 amide bonds. The van der Waals surface area contributed by atoms with E-state index in [9.17, 15) is 0 Å². The van der Waals surface area contributed by atoms with Crippen molar-refractivity contribution in [3.8, 4) is 0 Å². The van der Waals surface area contributed by atoms with E-state index in [-0.39, 0.29) is 0 Å². The van der Waals surface area contributed by atoms with Crippen molar-refractivity contribution in [2.24, 2.45) is 0 Å². The molecule has 2 rings (SSSR count). The first kappa shape index (κ1) is 8.69. The summed E-state index contributed by atoms with van der Waals surface area (Å²) >= 11 is 0. The third-order valence-electron chi connectivity index (χ3n) is 1.93. The fraction of sp³-hybridized carbons (Fsp3) is 0.0909. The first-order valence-corrected chi connectivity index (χ1v) is 4.45. The van der Waals surface area contributed by atoms with Crippen LogP contribution in [0.2, 0.25) is 0 Å². The lowest BCUT2D eigenvalue weighted by Crippen LogP contribution is -1.97. The molecule has 70 valence electrons. The number of benzene rings is 1. The van der Waals surface area contributed by atoms with Gasteiger partial charge in [0.15, 0.2) is 0 Å². The van der Waals surface area contributed by atoms with Gasteiger partial charge in [-0.1, -0.05) is 30.3 Å². The monoisotopic (exact) mass is 185 g/mol. The average molecular weight is 185 g/mol. The molecule has 1 aromatic carbocycles. The van der Waals surface area contributed by atoms with Crippen LogP contribution in [0.4, 0.5) is 5.82 Å². The van der Waals surface area contributed by atoms with E-state index in [4.69, 9.17) is 5.73 Å². The number of hydrogen-bond donors (Lipinski definition) is 1. The summed E-state index contributed by atoms with van der Waals surface area (Å²) in [5.74, 6) is 0.471. The summed E-state index contributed by atoms with van der Waals surface area (Å²) < 4.78 is 0. The summed E-state index contributed by atoms with van der Waals surface area (Å²) in [6, 6.07) is 10.1. The summed E-state index contributed by atoms with van der Waals surface area (Å²) in [6.07, 6.45) is 4.07. The Morgan fingerprint density at radius 2 is 1.86 bits per heavy atom. The third kappa shape index (κ3) is 2.07. The number of aromatic nitrogens is 2. The van der Waals surface area contributed by atoms with E-state index in [0.29, 0.717) is 5.82 Å². The quantitative estimate of drug-likeness (QED) is 0.774. The molecule has 0 fully saturated rings. The second-order valence-corrected chi connectivity index (χ2v) is 3.10. The number of rotatable bonds is 2. The van der Waals surface area contributed by atoms with Crippen molar-refractivity contribution in [1.82, 2.24) is 9.97 Å². The van der Waals surface area contributed by atoms with Crippen LogP contribution >= 0.6 is 0 Å². The lowest BCUT2D eigenvalue weighted by Gasteiger charge is -2.00. The second-order valence-electron chi connectivity index (χ2n) is 3.10. The molecule has 2 N–H and O–H groups in total. The summed E-state index contributed by atoms with van der Waals surface area (Å²) in [6.45, 7) is 0. The minimum atomic E-state index is 0.471. The predicted molar refractivity (Wildman–Crippen MR) is 55.7 cm³/mol. The molecule has 0 aliphatic heterocycles. The maximum absolute atomic E-state index is 5.54. The van der Waals surface area contributed by atoms with E-state index in [2.05, 4.69) is 22.1 Å². The summed E-state index contributed by atoms with van der Waals surface area (Å²) in [7, 11) is 0. The van der Waals surface area contributed by atoms with Crippen LogP contribution in [0.15, 0.2) is 42.7 Å². The van der Waals surface area contributed by atoms with E-state index in [1.54, 1.807) is 12.4 Å². The van der Waals surface area contributed by atoms with E-state index in [1.807, 2.05) is 18.2 Å². The zero-order valence-corrected chi connectivity index (χ0v) is 7.72. The first-order valence-electron chi connectivity index (χ1n) is 4.45. The van der Waals surface area contributed by atoms with E-state index < -0.39 is 0 Å². The molecular weight excluding hydrogens is 174 g/mol. The Bertz CT molecular complexity index is 412. The molecule has 3 nitrogen and oxygen atoms in total. The smallest absolute Gasteiger partial charge is 0.142 e. The van der Waals surface area contributed by atoms with Crippen molar-refractivity contribution < 1.29 is 0 Å². The summed E-state index contributed by atoms with van der Waals surface area (Å²) in [5.41, 5.74) is 7.65. The van der Waals surface area contributed by atoms with Crippen LogP contribution < -0.4 is 5.73 Å². The van der Waals surface area contributed by atoms with Gasteiger partial charge in [0.25, 0.3) is 0 Å². The number of nitrogen functional groups attached to an aromatic ring is 1. The van der Waals surface area contributed by atoms with Crippen LogP contribution in [0.3, 0.4) is 0 Å². The van der Waals surface area contributed by atoms with Gasteiger partial charge in [0.05, 0.1) is 11.9 Å². The van der Waals surface area contributed by atoms with Gasteiger partial charge in [-0.3, -0.25) is 4.98 Å². The van der Waals surface area contributed by atoms with Crippen LogP contribution in [0, 0.1) is 0 Å². The van der Waals surface area contributed by atoms with Crippen molar-refractivity contribution >= 4 is 5.82 Å². The summed E-state index contributed by atoms with van der Waals surface area (Å²) in [4.78, 5) is 8.18. The van der Waals surface area contributed by atoms with Crippen molar-refractivity contribution in [3.63, 3.8) is 0 Å². The Labute approximate surface area is 82.6 Å². The zero-order valence-electron chi connectivity index (χ0n) is 7.72. The van der Waals surface area contributed by atoms with Crippen LogP contribution in [-0.2, 0) is 6.42 Å². The molecule has 2 aromatic rings. The minimum absolute atomic E-state index is 0.471. The zero-order chi connectivity index (χ0) is 9.80. The number of nitrogens with zero attached hydrogens (tertiary/aromatic N) is 2. The molecule has 0 saturated heterocycles. The van der Waals surface area contributed by atoms with Gasteiger partial charge in [-0.15, -0.1) is 0 Å². The molecule has 0 bridgehead atoms. The van der Waals surface area contributed by atoms with Gasteiger partial charge in [0.1, 0.15) is 5.82 Å². The molecule has 0 unspecified atom stereocenters. The van der Waals surface area contributed by atoms with Gasteiger partial charge in [-0.2, -0.15) is 0 Å². The Morgan fingerprint density at radius 3 is 2.57 bits per heavy atom. The van der Waals surface area contributed by atoms with Crippen molar-refractivity contribution in [1.29, 1.82) is 0 Å². The highest BCUT2D eigenvalue weighted by atomic mass is 14.9. The Balaban J connectivity index is 2.19. The van der Waals surface area contributed by atoms with Crippen molar-refractivity contribution in [2.45, 2.75) is 6.42 Å². The van der Waals surface area contributed by atoms with Gasteiger partial charge < -0.3 is 5.73 Å². The molecule has 14 heavy (non-hydrogen) atoms. The molecule has 3 heteroatoms. The molecule has 0 radical (unpaired) electrons. The first-order chi connectivity index (χ1) is 6.84. The lowest BCUT2D eigenvalue weighted by atomic mass is 10.1. The standard InChI is InChI=1S/C11H11N3/c12-11-8-13-7-10(14-11)6-9-4-2-1-3-5-9/h1-5,7-8H,6H2,(H2,12,14). The highest BCUT2D eigenvalue weighted by Gasteiger charge is 1.97. The van der Waals surface area contributed by atoms with E-state index in [0.717, 1.165) is 12.1 Å². The predicted octanol–water partition coefficient (Wildman–Crippen LogP) is 1.65. The van der Waals surface area contributed by atoms with Crippen LogP contribution in [0.25, 0.3) is 0 Å². The summed E-state index contributed by atoms with van der Waals surface area (Å²) in [5, 5.41) is 0. The Kier molecular flexibility index (Phi) is 2.40. The molecule has 0 saturated carbocycles. The number of anilines is 1. The second kappa shape index (κ2) is 3.87. The van der Waals surface area contributed by atoms with Gasteiger partial charge in [0, 0.05) is 12.6 Å². The van der Waals surface area contributed by atoms with Crippen molar-refractivity contribution in [2.75, 3.05) is 5.73 Å². The van der Waals surface area contributed by atoms with E-state index in [1.165, 1.54) is 5.56 Å².